The number of anilines is 1. The van der Waals surface area contributed by atoms with Gasteiger partial charge in [-0.2, -0.15) is 0 Å². The molecule has 5 rings (SSSR count). The van der Waals surface area contributed by atoms with Gasteiger partial charge in [0.15, 0.2) is 11.5 Å². The fraction of sp³-hybridized carbons (Fsp3) is 0.120. The van der Waals surface area contributed by atoms with Crippen molar-refractivity contribution in [2.75, 3.05) is 4.90 Å². The molecule has 0 saturated carbocycles. The highest BCUT2D eigenvalue weighted by atomic mass is 79.9. The van der Waals surface area contributed by atoms with Gasteiger partial charge in [0.05, 0.1) is 11.8 Å². The molecular weight excluding hydrogens is 474 g/mol. The first-order chi connectivity index (χ1) is 15.5. The van der Waals surface area contributed by atoms with Gasteiger partial charge in [-0.1, -0.05) is 35.0 Å². The van der Waals surface area contributed by atoms with Gasteiger partial charge >= 0.3 is 0 Å². The Morgan fingerprint density at radius 1 is 1.12 bits per heavy atom. The SMILES string of the molecule is CCc1ccc(N2C(=O)C(O)=C(C(=O)c3cc4cc(Br)ccc4o3)C2c2ccco2)cc1. The van der Waals surface area contributed by atoms with Crippen molar-refractivity contribution in [3.8, 4) is 0 Å². The highest BCUT2D eigenvalue weighted by Gasteiger charge is 2.46. The maximum Gasteiger partial charge on any atom is 0.294 e. The molecular formula is C25H18BrNO5. The Balaban J connectivity index is 1.61. The number of Topliss-reactive ketones (excluding diaryl/α,β-unsaturated/α-hetero) is 1. The van der Waals surface area contributed by atoms with Gasteiger partial charge in [-0.15, -0.1) is 0 Å². The zero-order valence-corrected chi connectivity index (χ0v) is 18.6. The van der Waals surface area contributed by atoms with E-state index in [1.165, 1.54) is 11.2 Å². The molecule has 4 aromatic rings. The van der Waals surface area contributed by atoms with E-state index in [-0.39, 0.29) is 11.3 Å². The zero-order valence-electron chi connectivity index (χ0n) is 17.0. The van der Waals surface area contributed by atoms with Crippen LogP contribution in [0.4, 0.5) is 5.69 Å². The number of benzene rings is 2. The van der Waals surface area contributed by atoms with Gasteiger partial charge in [0.25, 0.3) is 5.91 Å². The van der Waals surface area contributed by atoms with E-state index in [1.54, 1.807) is 36.4 Å². The molecule has 1 unspecified atom stereocenters. The van der Waals surface area contributed by atoms with E-state index in [9.17, 15) is 14.7 Å². The number of nitrogens with zero attached hydrogens (tertiary/aromatic N) is 1. The third-order valence-corrected chi connectivity index (χ3v) is 6.08. The summed E-state index contributed by atoms with van der Waals surface area (Å²) in [5, 5.41) is 11.5. The number of carbonyl (C=O) groups excluding carboxylic acids is 2. The van der Waals surface area contributed by atoms with Gasteiger partial charge in [-0.25, -0.2) is 0 Å². The molecule has 1 N–H and O–H groups in total. The Morgan fingerprint density at radius 3 is 2.59 bits per heavy atom. The first kappa shape index (κ1) is 20.3. The number of hydrogen-bond donors (Lipinski definition) is 1. The minimum Gasteiger partial charge on any atom is -0.503 e. The number of aliphatic hydroxyl groups excluding tert-OH is 1. The lowest BCUT2D eigenvalue weighted by molar-refractivity contribution is -0.117. The quantitative estimate of drug-likeness (QED) is 0.339. The number of hydrogen-bond acceptors (Lipinski definition) is 5. The minimum atomic E-state index is -0.919. The molecule has 32 heavy (non-hydrogen) atoms. The van der Waals surface area contributed by atoms with E-state index in [0.29, 0.717) is 17.0 Å². The Kier molecular flexibility index (Phi) is 4.98. The summed E-state index contributed by atoms with van der Waals surface area (Å²) in [6, 6.07) is 16.8. The molecule has 2 aromatic carbocycles. The zero-order chi connectivity index (χ0) is 22.4. The number of rotatable bonds is 5. The van der Waals surface area contributed by atoms with Gasteiger partial charge in [0.1, 0.15) is 17.4 Å². The van der Waals surface area contributed by atoms with Crippen LogP contribution in [-0.4, -0.2) is 16.8 Å². The van der Waals surface area contributed by atoms with Gasteiger partial charge in [-0.3, -0.25) is 14.5 Å². The average Bonchev–Trinajstić information content (AvgIpc) is 3.52. The largest absolute Gasteiger partial charge is 0.503 e. The van der Waals surface area contributed by atoms with Crippen LogP contribution < -0.4 is 4.90 Å². The van der Waals surface area contributed by atoms with Gasteiger partial charge in [-0.05, 0) is 60.5 Å². The van der Waals surface area contributed by atoms with Crippen LogP contribution in [-0.2, 0) is 11.2 Å². The Hall–Kier alpha value is -3.58. The molecule has 6 nitrogen and oxygen atoms in total. The van der Waals surface area contributed by atoms with Crippen molar-refractivity contribution in [1.82, 2.24) is 0 Å². The molecule has 0 bridgehead atoms. The smallest absolute Gasteiger partial charge is 0.294 e. The molecule has 1 atom stereocenters. The molecule has 1 aliphatic rings. The van der Waals surface area contributed by atoms with Crippen molar-refractivity contribution in [3.05, 3.63) is 99.8 Å². The summed E-state index contributed by atoms with van der Waals surface area (Å²) in [5.41, 5.74) is 2.11. The molecule has 1 aliphatic heterocycles. The predicted octanol–water partition coefficient (Wildman–Crippen LogP) is 6.13. The molecule has 0 saturated heterocycles. The summed E-state index contributed by atoms with van der Waals surface area (Å²) in [7, 11) is 0. The van der Waals surface area contributed by atoms with Crippen LogP contribution in [0.3, 0.4) is 0 Å². The normalized spacial score (nSPS) is 16.4. The monoisotopic (exact) mass is 491 g/mol. The fourth-order valence-corrected chi connectivity index (χ4v) is 4.35. The molecule has 0 aliphatic carbocycles. The second kappa shape index (κ2) is 7.84. The maximum atomic E-state index is 13.5. The van der Waals surface area contributed by atoms with E-state index in [1.807, 2.05) is 31.2 Å². The summed E-state index contributed by atoms with van der Waals surface area (Å²) in [6.45, 7) is 2.04. The third kappa shape index (κ3) is 3.26. The average molecular weight is 492 g/mol. The van der Waals surface area contributed by atoms with Crippen LogP contribution in [0.15, 0.2) is 91.6 Å². The highest BCUT2D eigenvalue weighted by Crippen LogP contribution is 2.42. The van der Waals surface area contributed by atoms with E-state index in [2.05, 4.69) is 15.9 Å². The Labute approximate surface area is 191 Å². The summed E-state index contributed by atoms with van der Waals surface area (Å²) in [6.07, 6.45) is 2.32. The van der Waals surface area contributed by atoms with E-state index >= 15 is 0 Å². The Bertz CT molecular complexity index is 1370. The summed E-state index contributed by atoms with van der Waals surface area (Å²) >= 11 is 3.40. The molecule has 1 amide bonds. The van der Waals surface area contributed by atoms with Gasteiger partial charge in [0.2, 0.25) is 5.78 Å². The molecule has 160 valence electrons. The number of fused-ring (bicyclic) bond motifs is 1. The summed E-state index contributed by atoms with van der Waals surface area (Å²) in [4.78, 5) is 28.0. The molecule has 2 aromatic heterocycles. The Morgan fingerprint density at radius 2 is 1.91 bits per heavy atom. The molecule has 7 heteroatoms. The first-order valence-electron chi connectivity index (χ1n) is 10.1. The van der Waals surface area contributed by atoms with Crippen LogP contribution in [0, 0.1) is 0 Å². The number of aliphatic hydroxyl groups is 1. The number of carbonyl (C=O) groups is 2. The maximum absolute atomic E-state index is 13.5. The lowest BCUT2D eigenvalue weighted by atomic mass is 9.99. The van der Waals surface area contributed by atoms with Crippen LogP contribution in [0.25, 0.3) is 11.0 Å². The van der Waals surface area contributed by atoms with Crippen molar-refractivity contribution in [2.45, 2.75) is 19.4 Å². The predicted molar refractivity (Wildman–Crippen MR) is 123 cm³/mol. The molecule has 0 fully saturated rings. The topological polar surface area (TPSA) is 83.9 Å². The number of halogens is 1. The van der Waals surface area contributed by atoms with Gasteiger partial charge < -0.3 is 13.9 Å². The standard InChI is InChI=1S/C25H18BrNO5/c1-2-14-5-8-17(9-6-14)27-22(19-4-3-11-31-19)21(24(29)25(27)30)23(28)20-13-15-12-16(26)7-10-18(15)32-20/h3-13,22,29H,2H2,1H3. The highest BCUT2D eigenvalue weighted by molar-refractivity contribution is 9.10. The summed E-state index contributed by atoms with van der Waals surface area (Å²) < 4.78 is 12.2. The van der Waals surface area contributed by atoms with E-state index in [4.69, 9.17) is 8.83 Å². The minimum absolute atomic E-state index is 0.0344. The van der Waals surface area contributed by atoms with Crippen molar-refractivity contribution in [3.63, 3.8) is 0 Å². The number of aryl methyl sites for hydroxylation is 1. The lowest BCUT2D eigenvalue weighted by Crippen LogP contribution is -2.30. The van der Waals surface area contributed by atoms with Crippen molar-refractivity contribution < 1.29 is 23.5 Å². The van der Waals surface area contributed by atoms with Crippen molar-refractivity contribution in [2.24, 2.45) is 0 Å². The lowest BCUT2D eigenvalue weighted by Gasteiger charge is -2.25. The van der Waals surface area contributed by atoms with Crippen molar-refractivity contribution >= 4 is 44.3 Å². The third-order valence-electron chi connectivity index (χ3n) is 5.59. The summed E-state index contributed by atoms with van der Waals surface area (Å²) in [5.74, 6) is -1.45. The van der Waals surface area contributed by atoms with Crippen LogP contribution >= 0.6 is 15.9 Å². The van der Waals surface area contributed by atoms with Crippen LogP contribution in [0.5, 0.6) is 0 Å². The number of ketones is 1. The van der Waals surface area contributed by atoms with Gasteiger partial charge in [0, 0.05) is 15.5 Å². The second-order valence-electron chi connectivity index (χ2n) is 7.50. The number of amides is 1. The fourth-order valence-electron chi connectivity index (χ4n) is 3.97. The van der Waals surface area contributed by atoms with E-state index < -0.39 is 23.5 Å². The molecule has 0 radical (unpaired) electrons. The molecule has 3 heterocycles. The van der Waals surface area contributed by atoms with Crippen molar-refractivity contribution in [1.29, 1.82) is 0 Å². The molecule has 0 spiro atoms. The second-order valence-corrected chi connectivity index (χ2v) is 8.41. The van der Waals surface area contributed by atoms with Crippen LogP contribution in [0.1, 0.15) is 34.8 Å². The number of furan rings is 2. The van der Waals surface area contributed by atoms with Crippen LogP contribution in [0.2, 0.25) is 0 Å². The first-order valence-corrected chi connectivity index (χ1v) is 10.9. The van der Waals surface area contributed by atoms with E-state index in [0.717, 1.165) is 21.8 Å².